The van der Waals surface area contributed by atoms with Crippen LogP contribution in [-0.2, 0) is 0 Å². The second kappa shape index (κ2) is 5.97. The van der Waals surface area contributed by atoms with Gasteiger partial charge in [-0.3, -0.25) is 4.98 Å². The smallest absolute Gasteiger partial charge is 0.138 e. The zero-order valence-corrected chi connectivity index (χ0v) is 12.0. The van der Waals surface area contributed by atoms with Crippen molar-refractivity contribution in [2.24, 2.45) is 0 Å². The number of rotatable bonds is 4. The van der Waals surface area contributed by atoms with Gasteiger partial charge >= 0.3 is 0 Å². The molecule has 2 heterocycles. The molecule has 2 rings (SSSR count). The molecule has 0 amide bonds. The normalized spacial score (nSPS) is 12.5. The van der Waals surface area contributed by atoms with Crippen molar-refractivity contribution in [1.82, 2.24) is 15.0 Å². The van der Waals surface area contributed by atoms with Crippen LogP contribution in [0.1, 0.15) is 44.0 Å². The van der Waals surface area contributed by atoms with E-state index in [2.05, 4.69) is 34.1 Å². The Balaban J connectivity index is 2.27. The average molecular weight is 277 g/mol. The van der Waals surface area contributed by atoms with Crippen LogP contribution < -0.4 is 5.32 Å². The largest absolute Gasteiger partial charge is 0.362 e. The highest BCUT2D eigenvalue weighted by molar-refractivity contribution is 6.30. The Bertz CT molecular complexity index is 542. The molecule has 2 aromatic rings. The maximum absolute atomic E-state index is 6.15. The third kappa shape index (κ3) is 3.20. The second-order valence-electron chi connectivity index (χ2n) is 4.70. The fourth-order valence-electron chi connectivity index (χ4n) is 1.91. The van der Waals surface area contributed by atoms with Crippen LogP contribution in [0.25, 0.3) is 0 Å². The van der Waals surface area contributed by atoms with Gasteiger partial charge in [0.1, 0.15) is 17.3 Å². The molecule has 0 aromatic carbocycles. The molecule has 19 heavy (non-hydrogen) atoms. The van der Waals surface area contributed by atoms with Crippen molar-refractivity contribution in [1.29, 1.82) is 0 Å². The number of halogens is 1. The Kier molecular flexibility index (Phi) is 4.32. The molecule has 0 bridgehead atoms. The van der Waals surface area contributed by atoms with E-state index in [1.165, 1.54) is 6.33 Å². The molecule has 1 N–H and O–H groups in total. The lowest BCUT2D eigenvalue weighted by Gasteiger charge is -2.18. The lowest BCUT2D eigenvalue weighted by atomic mass is 10.1. The first kappa shape index (κ1) is 13.7. The van der Waals surface area contributed by atoms with Gasteiger partial charge in [-0.05, 0) is 25.0 Å². The standard InChI is InChI=1S/C14H17ClN4/c1-9(2)12-13(15)17-8-18-14(12)19-10(3)11-6-4-5-7-16-11/h4-10H,1-3H3,(H,17,18,19). The first-order valence-electron chi connectivity index (χ1n) is 6.27. The molecule has 2 aromatic heterocycles. The minimum absolute atomic E-state index is 0.0599. The van der Waals surface area contributed by atoms with Gasteiger partial charge in [0.2, 0.25) is 0 Å². The SMILES string of the molecule is CC(C)c1c(Cl)ncnc1NC(C)c1ccccn1. The summed E-state index contributed by atoms with van der Waals surface area (Å²) in [7, 11) is 0. The summed E-state index contributed by atoms with van der Waals surface area (Å²) < 4.78 is 0. The maximum Gasteiger partial charge on any atom is 0.138 e. The third-order valence-electron chi connectivity index (χ3n) is 2.90. The number of hydrogen-bond donors (Lipinski definition) is 1. The molecule has 4 nitrogen and oxygen atoms in total. The van der Waals surface area contributed by atoms with Crippen LogP contribution in [0.3, 0.4) is 0 Å². The number of nitrogens with one attached hydrogen (secondary N) is 1. The second-order valence-corrected chi connectivity index (χ2v) is 5.06. The Morgan fingerprint density at radius 1 is 1.11 bits per heavy atom. The summed E-state index contributed by atoms with van der Waals surface area (Å²) in [5.41, 5.74) is 1.90. The third-order valence-corrected chi connectivity index (χ3v) is 3.20. The minimum atomic E-state index is 0.0599. The van der Waals surface area contributed by atoms with E-state index in [4.69, 9.17) is 11.6 Å². The van der Waals surface area contributed by atoms with Crippen molar-refractivity contribution in [3.05, 3.63) is 47.1 Å². The first-order valence-corrected chi connectivity index (χ1v) is 6.65. The van der Waals surface area contributed by atoms with Gasteiger partial charge in [-0.2, -0.15) is 0 Å². The van der Waals surface area contributed by atoms with Gasteiger partial charge in [0, 0.05) is 11.8 Å². The molecule has 0 spiro atoms. The highest BCUT2D eigenvalue weighted by Gasteiger charge is 2.16. The van der Waals surface area contributed by atoms with Crippen molar-refractivity contribution in [2.75, 3.05) is 5.32 Å². The van der Waals surface area contributed by atoms with Crippen molar-refractivity contribution < 1.29 is 0 Å². The Morgan fingerprint density at radius 2 is 1.89 bits per heavy atom. The molecule has 0 saturated heterocycles. The first-order chi connectivity index (χ1) is 9.09. The van der Waals surface area contributed by atoms with Crippen molar-refractivity contribution >= 4 is 17.4 Å². The van der Waals surface area contributed by atoms with Crippen molar-refractivity contribution in [2.45, 2.75) is 32.7 Å². The minimum Gasteiger partial charge on any atom is -0.362 e. The van der Waals surface area contributed by atoms with E-state index < -0.39 is 0 Å². The molecule has 0 aliphatic carbocycles. The highest BCUT2D eigenvalue weighted by Crippen LogP contribution is 2.29. The zero-order chi connectivity index (χ0) is 13.8. The number of hydrogen-bond acceptors (Lipinski definition) is 4. The Hall–Kier alpha value is -1.68. The van der Waals surface area contributed by atoms with Gasteiger partial charge in [-0.1, -0.05) is 31.5 Å². The summed E-state index contributed by atoms with van der Waals surface area (Å²) in [6.45, 7) is 6.19. The molecule has 0 aliphatic rings. The Labute approximate surface area is 118 Å². The average Bonchev–Trinajstić information content (AvgIpc) is 2.39. The number of aromatic nitrogens is 3. The number of anilines is 1. The molecule has 1 unspecified atom stereocenters. The molecule has 100 valence electrons. The summed E-state index contributed by atoms with van der Waals surface area (Å²) in [5.74, 6) is 1.03. The zero-order valence-electron chi connectivity index (χ0n) is 11.3. The molecular weight excluding hydrogens is 260 g/mol. The fraction of sp³-hybridized carbons (Fsp3) is 0.357. The quantitative estimate of drug-likeness (QED) is 0.863. The van der Waals surface area contributed by atoms with E-state index >= 15 is 0 Å². The highest BCUT2D eigenvalue weighted by atomic mass is 35.5. The van der Waals surface area contributed by atoms with Crippen LogP contribution in [0, 0.1) is 0 Å². The summed E-state index contributed by atoms with van der Waals surface area (Å²) in [5, 5.41) is 3.85. The van der Waals surface area contributed by atoms with Gasteiger partial charge in [-0.15, -0.1) is 0 Å². The molecule has 0 fully saturated rings. The van der Waals surface area contributed by atoms with Gasteiger partial charge < -0.3 is 5.32 Å². The van der Waals surface area contributed by atoms with Crippen LogP contribution in [0.2, 0.25) is 5.15 Å². The van der Waals surface area contributed by atoms with Crippen molar-refractivity contribution in [3.8, 4) is 0 Å². The number of nitrogens with zero attached hydrogens (tertiary/aromatic N) is 3. The van der Waals surface area contributed by atoms with E-state index in [1.54, 1.807) is 6.20 Å². The number of pyridine rings is 1. The predicted molar refractivity (Wildman–Crippen MR) is 77.4 cm³/mol. The van der Waals surface area contributed by atoms with E-state index in [0.717, 1.165) is 17.1 Å². The van der Waals surface area contributed by atoms with Crippen LogP contribution in [0.15, 0.2) is 30.7 Å². The van der Waals surface area contributed by atoms with Crippen LogP contribution >= 0.6 is 11.6 Å². The lowest BCUT2D eigenvalue weighted by Crippen LogP contribution is -2.12. The van der Waals surface area contributed by atoms with Crippen molar-refractivity contribution in [3.63, 3.8) is 0 Å². The van der Waals surface area contributed by atoms with E-state index in [1.807, 2.05) is 25.1 Å². The molecule has 5 heteroatoms. The molecule has 1 atom stereocenters. The summed E-state index contributed by atoms with van der Waals surface area (Å²) in [6, 6.07) is 5.91. The summed E-state index contributed by atoms with van der Waals surface area (Å²) in [6.07, 6.45) is 3.26. The maximum atomic E-state index is 6.15. The fourth-order valence-corrected chi connectivity index (χ4v) is 2.26. The molecule has 0 radical (unpaired) electrons. The lowest BCUT2D eigenvalue weighted by molar-refractivity contribution is 0.801. The van der Waals surface area contributed by atoms with Gasteiger partial charge in [0.25, 0.3) is 0 Å². The summed E-state index contributed by atoms with van der Waals surface area (Å²) in [4.78, 5) is 12.7. The molecular formula is C14H17ClN4. The van der Waals surface area contributed by atoms with E-state index in [9.17, 15) is 0 Å². The van der Waals surface area contributed by atoms with Gasteiger partial charge in [0.05, 0.1) is 11.7 Å². The van der Waals surface area contributed by atoms with Crippen LogP contribution in [0.4, 0.5) is 5.82 Å². The summed E-state index contributed by atoms with van der Waals surface area (Å²) >= 11 is 6.15. The predicted octanol–water partition coefficient (Wildman–Crippen LogP) is 3.82. The van der Waals surface area contributed by atoms with Gasteiger partial charge in [0.15, 0.2) is 0 Å². The van der Waals surface area contributed by atoms with Crippen LogP contribution in [-0.4, -0.2) is 15.0 Å². The van der Waals surface area contributed by atoms with Gasteiger partial charge in [-0.25, -0.2) is 9.97 Å². The van der Waals surface area contributed by atoms with E-state index in [-0.39, 0.29) is 12.0 Å². The molecule has 0 saturated carbocycles. The van der Waals surface area contributed by atoms with E-state index in [0.29, 0.717) is 5.15 Å². The van der Waals surface area contributed by atoms with Crippen LogP contribution in [0.5, 0.6) is 0 Å². The topological polar surface area (TPSA) is 50.7 Å². The molecule has 0 aliphatic heterocycles. The monoisotopic (exact) mass is 276 g/mol. The Morgan fingerprint density at radius 3 is 2.53 bits per heavy atom.